The minimum Gasteiger partial charge on any atom is -0.398 e. The van der Waals surface area contributed by atoms with Gasteiger partial charge in [0.1, 0.15) is 6.23 Å². The average Bonchev–Trinajstić information content (AvgIpc) is 3.06. The van der Waals surface area contributed by atoms with Gasteiger partial charge < -0.3 is 20.5 Å². The van der Waals surface area contributed by atoms with Crippen LogP contribution in [-0.4, -0.2) is 42.4 Å². The maximum atomic E-state index is 13.4. The van der Waals surface area contributed by atoms with Gasteiger partial charge >= 0.3 is 6.18 Å². The lowest BCUT2D eigenvalue weighted by atomic mass is 9.63. The Morgan fingerprint density at radius 3 is 2.71 bits per heavy atom. The highest BCUT2D eigenvalue weighted by molar-refractivity contribution is 5.77. The molecule has 2 amide bonds. The Labute approximate surface area is 178 Å². The zero-order chi connectivity index (χ0) is 22.8. The first-order valence-electron chi connectivity index (χ1n) is 10.2. The van der Waals surface area contributed by atoms with Crippen molar-refractivity contribution in [2.24, 2.45) is 11.8 Å². The summed E-state index contributed by atoms with van der Waals surface area (Å²) in [5, 5.41) is 2.97. The number of carbonyl (C=O) groups is 2. The maximum absolute atomic E-state index is 13.4. The van der Waals surface area contributed by atoms with Gasteiger partial charge in [0, 0.05) is 30.6 Å². The second-order valence-electron chi connectivity index (χ2n) is 8.92. The van der Waals surface area contributed by atoms with Gasteiger partial charge in [-0.25, -0.2) is 0 Å². The summed E-state index contributed by atoms with van der Waals surface area (Å²) in [5.74, 6) is -0.544. The highest BCUT2D eigenvalue weighted by atomic mass is 19.4. The molecule has 0 saturated carbocycles. The van der Waals surface area contributed by atoms with E-state index in [4.69, 9.17) is 15.2 Å². The molecule has 0 aliphatic carbocycles. The highest BCUT2D eigenvalue weighted by Gasteiger charge is 2.71. The number of nitrogens with two attached hydrogens (primary N) is 1. The van der Waals surface area contributed by atoms with Crippen LogP contribution in [0.5, 0.6) is 0 Å². The first-order chi connectivity index (χ1) is 14.4. The molecule has 10 heteroatoms. The van der Waals surface area contributed by atoms with Crippen LogP contribution in [0.4, 0.5) is 24.5 Å². The zero-order valence-corrected chi connectivity index (χ0v) is 17.5. The summed E-state index contributed by atoms with van der Waals surface area (Å²) in [6, 6.07) is 3.20. The Balaban J connectivity index is 1.70. The first kappa shape index (κ1) is 21.9. The number of ether oxygens (including phenoxy) is 2. The number of anilines is 2. The van der Waals surface area contributed by atoms with Gasteiger partial charge in [-0.05, 0) is 37.5 Å². The van der Waals surface area contributed by atoms with Gasteiger partial charge in [0.25, 0.3) is 0 Å². The van der Waals surface area contributed by atoms with Crippen molar-refractivity contribution < 1.29 is 32.2 Å². The molecule has 3 N–H and O–H groups in total. The van der Waals surface area contributed by atoms with E-state index in [9.17, 15) is 22.8 Å². The lowest BCUT2D eigenvalue weighted by Gasteiger charge is -2.49. The third-order valence-electron chi connectivity index (χ3n) is 7.24. The lowest BCUT2D eigenvalue weighted by Crippen LogP contribution is -2.61. The monoisotopic (exact) mass is 441 g/mol. The van der Waals surface area contributed by atoms with Crippen LogP contribution in [0.1, 0.15) is 39.2 Å². The second-order valence-corrected chi connectivity index (χ2v) is 8.92. The Kier molecular flexibility index (Phi) is 5.01. The molecule has 1 aromatic rings. The molecule has 6 atom stereocenters. The van der Waals surface area contributed by atoms with E-state index in [2.05, 4.69) is 5.32 Å². The molecular weight excluding hydrogens is 415 g/mol. The molecule has 7 nitrogen and oxygen atoms in total. The zero-order valence-electron chi connectivity index (χ0n) is 17.5. The number of nitrogen functional groups attached to an aromatic ring is 1. The van der Waals surface area contributed by atoms with Gasteiger partial charge in [-0.2, -0.15) is 13.2 Å². The number of carbonyl (C=O) groups excluding carboxylic acids is 2. The Morgan fingerprint density at radius 2 is 2.10 bits per heavy atom. The van der Waals surface area contributed by atoms with Gasteiger partial charge in [-0.1, -0.05) is 6.92 Å². The smallest absolute Gasteiger partial charge is 0.398 e. The Bertz CT molecular complexity index is 910. The van der Waals surface area contributed by atoms with Crippen molar-refractivity contribution in [3.8, 4) is 0 Å². The summed E-state index contributed by atoms with van der Waals surface area (Å²) in [5.41, 5.74) is 2.85. The predicted octanol–water partition coefficient (Wildman–Crippen LogP) is 2.69. The van der Waals surface area contributed by atoms with Crippen molar-refractivity contribution in [2.45, 2.75) is 63.3 Å². The lowest BCUT2D eigenvalue weighted by molar-refractivity contribution is -0.142. The molecule has 1 spiro atoms. The number of nitrogens with one attached hydrogen (secondary N) is 1. The second kappa shape index (κ2) is 7.09. The van der Waals surface area contributed by atoms with E-state index < -0.39 is 34.9 Å². The summed E-state index contributed by atoms with van der Waals surface area (Å²) >= 11 is 0. The largest absolute Gasteiger partial charge is 0.418 e. The van der Waals surface area contributed by atoms with Crippen molar-refractivity contribution >= 4 is 23.7 Å². The van der Waals surface area contributed by atoms with Gasteiger partial charge in [0.15, 0.2) is 0 Å². The van der Waals surface area contributed by atoms with E-state index >= 15 is 0 Å². The number of fused-ring (bicyclic) bond motifs is 1. The number of benzene rings is 1. The molecule has 3 aliphatic rings. The molecule has 3 heterocycles. The minimum absolute atomic E-state index is 0.0529. The molecule has 1 aromatic carbocycles. The first-order valence-corrected chi connectivity index (χ1v) is 10.2. The molecular formula is C21H26F3N3O4. The number of hydrogen-bond acceptors (Lipinski definition) is 5. The fraction of sp³-hybridized carbons (Fsp3) is 0.619. The standard InChI is InChI=1S/C21H26F3N3O4/c1-11-17-18(27(10-28)13-4-5-15(25)14(8-13)21(22,23)24)30-7-6-20(17)9-16(26-12(2)29)19(11,3)31-20/h4-5,8,10-11,16-18H,6-7,9,25H2,1-3H3,(H,26,29). The number of nitrogens with zero attached hydrogens (tertiary/aromatic N) is 1. The fourth-order valence-corrected chi connectivity index (χ4v) is 5.72. The third-order valence-corrected chi connectivity index (χ3v) is 7.24. The third kappa shape index (κ3) is 3.27. The van der Waals surface area contributed by atoms with Crippen molar-refractivity contribution in [1.82, 2.24) is 5.32 Å². The molecule has 0 radical (unpaired) electrons. The predicted molar refractivity (Wildman–Crippen MR) is 106 cm³/mol. The molecule has 3 fully saturated rings. The molecule has 0 aromatic heterocycles. The van der Waals surface area contributed by atoms with Gasteiger partial charge in [0.2, 0.25) is 12.3 Å². The van der Waals surface area contributed by atoms with E-state index in [1.807, 2.05) is 13.8 Å². The normalized spacial score (nSPS) is 36.7. The van der Waals surface area contributed by atoms with Crippen LogP contribution in [-0.2, 0) is 25.2 Å². The van der Waals surface area contributed by atoms with Crippen molar-refractivity contribution in [2.75, 3.05) is 17.2 Å². The molecule has 4 rings (SSSR count). The molecule has 3 saturated heterocycles. The number of rotatable bonds is 4. The van der Waals surface area contributed by atoms with E-state index in [1.54, 1.807) is 0 Å². The maximum Gasteiger partial charge on any atom is 0.418 e. The number of amides is 2. The van der Waals surface area contributed by atoms with Crippen molar-refractivity contribution in [1.29, 1.82) is 0 Å². The summed E-state index contributed by atoms with van der Waals surface area (Å²) in [7, 11) is 0. The van der Waals surface area contributed by atoms with Crippen molar-refractivity contribution in [3.63, 3.8) is 0 Å². The molecule has 170 valence electrons. The number of alkyl halides is 3. The summed E-state index contributed by atoms with van der Waals surface area (Å²) < 4.78 is 52.5. The van der Waals surface area contributed by atoms with Crippen LogP contribution in [0.25, 0.3) is 0 Å². The Morgan fingerprint density at radius 1 is 1.39 bits per heavy atom. The van der Waals surface area contributed by atoms with E-state index in [0.29, 0.717) is 19.3 Å². The minimum atomic E-state index is -4.65. The Hall–Kier alpha value is -2.33. The number of halogens is 3. The van der Waals surface area contributed by atoms with Crippen LogP contribution < -0.4 is 16.0 Å². The van der Waals surface area contributed by atoms with Crippen LogP contribution in [0, 0.1) is 11.8 Å². The van der Waals surface area contributed by atoms with Gasteiger partial charge in [-0.15, -0.1) is 0 Å². The van der Waals surface area contributed by atoms with Gasteiger partial charge in [0.05, 0.1) is 29.4 Å². The SMILES string of the molecule is CC(=O)NC1CC23CCOC(N(C=O)c4ccc(N)c(C(F)(F)F)c4)C2C(C)C1(C)O3. The average molecular weight is 441 g/mol. The fourth-order valence-electron chi connectivity index (χ4n) is 5.72. The molecule has 3 aliphatic heterocycles. The van der Waals surface area contributed by atoms with E-state index in [-0.39, 0.29) is 36.1 Å². The molecule has 31 heavy (non-hydrogen) atoms. The van der Waals surface area contributed by atoms with E-state index in [0.717, 1.165) is 12.1 Å². The quantitative estimate of drug-likeness (QED) is 0.554. The number of hydrogen-bond donors (Lipinski definition) is 2. The van der Waals surface area contributed by atoms with E-state index in [1.165, 1.54) is 17.9 Å². The van der Waals surface area contributed by atoms with Crippen LogP contribution in [0.3, 0.4) is 0 Å². The summed E-state index contributed by atoms with van der Waals surface area (Å²) in [4.78, 5) is 24.9. The summed E-state index contributed by atoms with van der Waals surface area (Å²) in [6.45, 7) is 5.63. The molecule has 6 unspecified atom stereocenters. The van der Waals surface area contributed by atoms with Crippen LogP contribution in [0.2, 0.25) is 0 Å². The van der Waals surface area contributed by atoms with Crippen LogP contribution in [0.15, 0.2) is 18.2 Å². The summed E-state index contributed by atoms with van der Waals surface area (Å²) in [6.07, 6.45) is -3.83. The van der Waals surface area contributed by atoms with Crippen molar-refractivity contribution in [3.05, 3.63) is 23.8 Å². The topological polar surface area (TPSA) is 93.9 Å². The van der Waals surface area contributed by atoms with Crippen LogP contribution >= 0.6 is 0 Å². The van der Waals surface area contributed by atoms with Gasteiger partial charge in [-0.3, -0.25) is 14.5 Å². The highest BCUT2D eigenvalue weighted by Crippen LogP contribution is 2.62. The molecule has 2 bridgehead atoms.